The standard InChI is InChI=1S/C16H34N4O/c1-11(2)19-13(14(21)16(5,6)7)9-8-10-18-15(17)20-12(3)4/h11-13,19H,8-10H2,1-7H3,(H3,17,18,20). The fraction of sp³-hybridized carbons (Fsp3) is 0.875. The lowest BCUT2D eigenvalue weighted by Gasteiger charge is -2.27. The average Bonchev–Trinajstić information content (AvgIpc) is 2.29. The van der Waals surface area contributed by atoms with E-state index in [2.05, 4.69) is 29.8 Å². The molecule has 0 aromatic heterocycles. The second-order valence-electron chi connectivity index (χ2n) is 7.23. The van der Waals surface area contributed by atoms with Crippen molar-refractivity contribution in [2.75, 3.05) is 6.54 Å². The molecule has 124 valence electrons. The van der Waals surface area contributed by atoms with Crippen molar-refractivity contribution >= 4 is 11.7 Å². The number of hydrogen-bond donors (Lipinski definition) is 4. The Morgan fingerprint density at radius 1 is 1.10 bits per heavy atom. The quantitative estimate of drug-likeness (QED) is 0.315. The van der Waals surface area contributed by atoms with E-state index in [1.165, 1.54) is 0 Å². The molecule has 0 saturated carbocycles. The fourth-order valence-corrected chi connectivity index (χ4v) is 2.07. The first-order valence-corrected chi connectivity index (χ1v) is 7.93. The Bertz CT molecular complexity index is 332. The van der Waals surface area contributed by atoms with Gasteiger partial charge < -0.3 is 16.0 Å². The molecule has 1 atom stereocenters. The summed E-state index contributed by atoms with van der Waals surface area (Å²) in [6, 6.07) is 0.428. The van der Waals surface area contributed by atoms with Crippen LogP contribution in [0.3, 0.4) is 0 Å². The number of hydrogen-bond acceptors (Lipinski definition) is 3. The summed E-state index contributed by atoms with van der Waals surface area (Å²) >= 11 is 0. The molecule has 1 unspecified atom stereocenters. The lowest BCUT2D eigenvalue weighted by molar-refractivity contribution is -0.128. The maximum Gasteiger partial charge on any atom is 0.188 e. The molecular formula is C16H34N4O. The normalized spacial score (nSPS) is 13.4. The highest BCUT2D eigenvalue weighted by Gasteiger charge is 2.29. The Hall–Kier alpha value is -1.10. The number of rotatable bonds is 8. The Morgan fingerprint density at radius 3 is 2.10 bits per heavy atom. The molecule has 0 radical (unpaired) electrons. The van der Waals surface area contributed by atoms with Crippen molar-refractivity contribution in [3.05, 3.63) is 0 Å². The number of Topliss-reactive ketones (excluding diaryl/α,β-unsaturated/α-hetero) is 1. The maximum atomic E-state index is 12.4. The molecule has 0 saturated heterocycles. The van der Waals surface area contributed by atoms with Gasteiger partial charge in [0.05, 0.1) is 6.04 Å². The van der Waals surface area contributed by atoms with Crippen LogP contribution in [0, 0.1) is 10.8 Å². The predicted molar refractivity (Wildman–Crippen MR) is 89.8 cm³/mol. The minimum absolute atomic E-state index is 0.112. The fourth-order valence-electron chi connectivity index (χ4n) is 2.07. The van der Waals surface area contributed by atoms with E-state index in [9.17, 15) is 4.79 Å². The first-order valence-electron chi connectivity index (χ1n) is 7.93. The molecule has 5 heteroatoms. The van der Waals surface area contributed by atoms with Crippen LogP contribution in [-0.2, 0) is 4.79 Å². The average molecular weight is 298 g/mol. The van der Waals surface area contributed by atoms with Crippen LogP contribution in [0.4, 0.5) is 0 Å². The molecule has 0 fully saturated rings. The molecule has 0 rings (SSSR count). The van der Waals surface area contributed by atoms with Gasteiger partial charge in [-0.3, -0.25) is 10.2 Å². The summed E-state index contributed by atoms with van der Waals surface area (Å²) in [4.78, 5) is 12.4. The third-order valence-corrected chi connectivity index (χ3v) is 2.99. The van der Waals surface area contributed by atoms with E-state index in [-0.39, 0.29) is 29.3 Å². The molecule has 0 bridgehead atoms. The molecule has 0 aromatic carbocycles. The Balaban J connectivity index is 4.26. The van der Waals surface area contributed by atoms with E-state index in [1.54, 1.807) is 0 Å². The van der Waals surface area contributed by atoms with E-state index in [0.717, 1.165) is 12.8 Å². The zero-order chi connectivity index (χ0) is 16.6. The molecule has 5 nitrogen and oxygen atoms in total. The molecule has 0 aliphatic carbocycles. The van der Waals surface area contributed by atoms with E-state index in [4.69, 9.17) is 5.41 Å². The zero-order valence-electron chi connectivity index (χ0n) is 14.8. The van der Waals surface area contributed by atoms with E-state index >= 15 is 0 Å². The lowest BCUT2D eigenvalue weighted by Crippen LogP contribution is -2.46. The van der Waals surface area contributed by atoms with Crippen molar-refractivity contribution in [1.82, 2.24) is 16.0 Å². The summed E-state index contributed by atoms with van der Waals surface area (Å²) in [5, 5.41) is 17.1. The molecule has 0 spiro atoms. The number of carbonyl (C=O) groups is 1. The molecule has 0 amide bonds. The van der Waals surface area contributed by atoms with E-state index in [1.807, 2.05) is 34.6 Å². The van der Waals surface area contributed by atoms with Crippen molar-refractivity contribution in [1.29, 1.82) is 5.41 Å². The van der Waals surface area contributed by atoms with Crippen LogP contribution >= 0.6 is 0 Å². The third kappa shape index (κ3) is 9.45. The first kappa shape index (κ1) is 19.9. The van der Waals surface area contributed by atoms with Crippen molar-refractivity contribution in [2.24, 2.45) is 5.41 Å². The second-order valence-corrected chi connectivity index (χ2v) is 7.23. The smallest absolute Gasteiger partial charge is 0.188 e. The van der Waals surface area contributed by atoms with Crippen LogP contribution in [0.15, 0.2) is 0 Å². The van der Waals surface area contributed by atoms with Gasteiger partial charge >= 0.3 is 0 Å². The summed E-state index contributed by atoms with van der Waals surface area (Å²) < 4.78 is 0. The molecule has 0 aromatic rings. The van der Waals surface area contributed by atoms with Gasteiger partial charge in [-0.05, 0) is 26.7 Å². The molecule has 0 aliphatic heterocycles. The molecule has 21 heavy (non-hydrogen) atoms. The number of nitrogens with one attached hydrogen (secondary N) is 4. The van der Waals surface area contributed by atoms with E-state index < -0.39 is 0 Å². The highest BCUT2D eigenvalue weighted by atomic mass is 16.1. The summed E-state index contributed by atoms with van der Waals surface area (Å²) in [5.74, 6) is 0.604. The maximum absolute atomic E-state index is 12.4. The summed E-state index contributed by atoms with van der Waals surface area (Å²) in [6.07, 6.45) is 1.64. The van der Waals surface area contributed by atoms with Crippen LogP contribution in [0.25, 0.3) is 0 Å². The van der Waals surface area contributed by atoms with Gasteiger partial charge in [-0.15, -0.1) is 0 Å². The highest BCUT2D eigenvalue weighted by molar-refractivity contribution is 5.88. The molecular weight excluding hydrogens is 264 g/mol. The van der Waals surface area contributed by atoms with Gasteiger partial charge in [0.2, 0.25) is 0 Å². The molecule has 0 heterocycles. The largest absolute Gasteiger partial charge is 0.357 e. The zero-order valence-corrected chi connectivity index (χ0v) is 14.8. The van der Waals surface area contributed by atoms with Crippen molar-refractivity contribution in [3.8, 4) is 0 Å². The van der Waals surface area contributed by atoms with Crippen LogP contribution in [0.2, 0.25) is 0 Å². The highest BCUT2D eigenvalue weighted by Crippen LogP contribution is 2.19. The van der Waals surface area contributed by atoms with Gasteiger partial charge in [0, 0.05) is 24.0 Å². The van der Waals surface area contributed by atoms with Gasteiger partial charge in [0.1, 0.15) is 0 Å². The third-order valence-electron chi connectivity index (χ3n) is 2.99. The van der Waals surface area contributed by atoms with Crippen LogP contribution < -0.4 is 16.0 Å². The Labute approximate surface area is 130 Å². The van der Waals surface area contributed by atoms with Crippen LogP contribution in [0.5, 0.6) is 0 Å². The summed E-state index contributed by atoms with van der Waals surface area (Å²) in [7, 11) is 0. The van der Waals surface area contributed by atoms with Crippen LogP contribution in [0.1, 0.15) is 61.3 Å². The SMILES string of the molecule is CC(C)NC(=N)NCCCC(NC(C)C)C(=O)C(C)(C)C. The van der Waals surface area contributed by atoms with Crippen LogP contribution in [-0.4, -0.2) is 36.4 Å². The van der Waals surface area contributed by atoms with Crippen molar-refractivity contribution in [2.45, 2.75) is 79.4 Å². The molecule has 0 aliphatic rings. The minimum Gasteiger partial charge on any atom is -0.357 e. The van der Waals surface area contributed by atoms with Gasteiger partial charge in [-0.2, -0.15) is 0 Å². The van der Waals surface area contributed by atoms with Gasteiger partial charge in [0.15, 0.2) is 11.7 Å². The van der Waals surface area contributed by atoms with Gasteiger partial charge in [-0.25, -0.2) is 0 Å². The van der Waals surface area contributed by atoms with Gasteiger partial charge in [0.25, 0.3) is 0 Å². The van der Waals surface area contributed by atoms with Crippen molar-refractivity contribution < 1.29 is 4.79 Å². The van der Waals surface area contributed by atoms with Gasteiger partial charge in [-0.1, -0.05) is 34.6 Å². The Morgan fingerprint density at radius 2 is 1.67 bits per heavy atom. The Kier molecular flexibility index (Phi) is 8.55. The molecule has 4 N–H and O–H groups in total. The number of carbonyl (C=O) groups excluding carboxylic acids is 1. The second kappa shape index (κ2) is 9.03. The topological polar surface area (TPSA) is 77.0 Å². The number of guanidine groups is 1. The predicted octanol–water partition coefficient (Wildman–Crippen LogP) is 2.27. The van der Waals surface area contributed by atoms with Crippen molar-refractivity contribution in [3.63, 3.8) is 0 Å². The minimum atomic E-state index is -0.327. The summed E-state index contributed by atoms with van der Waals surface area (Å²) in [5.41, 5.74) is -0.327. The lowest BCUT2D eigenvalue weighted by atomic mass is 9.84. The van der Waals surface area contributed by atoms with E-state index in [0.29, 0.717) is 12.5 Å². The number of ketones is 1. The monoisotopic (exact) mass is 298 g/mol. The summed E-state index contributed by atoms with van der Waals surface area (Å²) in [6.45, 7) is 14.7. The first-order chi connectivity index (χ1) is 9.54.